The summed E-state index contributed by atoms with van der Waals surface area (Å²) < 4.78 is 0. The van der Waals surface area contributed by atoms with E-state index in [4.69, 9.17) is 5.73 Å². The number of rotatable bonds is 4. The largest absolute Gasteiger partial charge is 0.399 e. The smallest absolute Gasteiger partial charge is 0.264 e. The van der Waals surface area contributed by atoms with Crippen LogP contribution in [0.15, 0.2) is 35.7 Å². The van der Waals surface area contributed by atoms with Crippen LogP contribution >= 0.6 is 11.3 Å². The van der Waals surface area contributed by atoms with Crippen molar-refractivity contribution in [3.05, 3.63) is 51.7 Å². The van der Waals surface area contributed by atoms with Crippen LogP contribution in [-0.2, 0) is 6.54 Å². The average molecular weight is 288 g/mol. The van der Waals surface area contributed by atoms with E-state index in [1.165, 1.54) is 11.3 Å². The summed E-state index contributed by atoms with van der Waals surface area (Å²) in [6, 6.07) is 9.82. The molecule has 0 unspecified atom stereocenters. The van der Waals surface area contributed by atoms with E-state index in [1.807, 2.05) is 61.4 Å². The van der Waals surface area contributed by atoms with Crippen molar-refractivity contribution in [2.24, 2.45) is 0 Å². The molecule has 2 N–H and O–H groups in total. The molecule has 0 saturated heterocycles. The highest BCUT2D eigenvalue weighted by molar-refractivity contribution is 7.12. The fraction of sp³-hybridized carbons (Fsp3) is 0.312. The second-order valence-electron chi connectivity index (χ2n) is 5.20. The number of nitrogens with zero attached hydrogens (tertiary/aromatic N) is 1. The van der Waals surface area contributed by atoms with E-state index < -0.39 is 0 Å². The lowest BCUT2D eigenvalue weighted by atomic mass is 10.1. The van der Waals surface area contributed by atoms with Gasteiger partial charge in [0.25, 0.3) is 5.91 Å². The third-order valence-electron chi connectivity index (χ3n) is 3.27. The highest BCUT2D eigenvalue weighted by atomic mass is 32.1. The van der Waals surface area contributed by atoms with Crippen LogP contribution in [0.3, 0.4) is 0 Å². The Bertz CT molecular complexity index is 587. The number of aryl methyl sites for hydroxylation is 1. The van der Waals surface area contributed by atoms with E-state index in [0.29, 0.717) is 6.54 Å². The van der Waals surface area contributed by atoms with Crippen molar-refractivity contribution in [3.63, 3.8) is 0 Å². The minimum atomic E-state index is 0.101. The molecule has 2 aromatic rings. The van der Waals surface area contributed by atoms with Gasteiger partial charge in [-0.1, -0.05) is 12.1 Å². The molecule has 0 aliphatic carbocycles. The third-order valence-corrected chi connectivity index (χ3v) is 4.28. The summed E-state index contributed by atoms with van der Waals surface area (Å²) in [7, 11) is 0. The van der Waals surface area contributed by atoms with Crippen molar-refractivity contribution in [2.45, 2.75) is 33.4 Å². The summed E-state index contributed by atoms with van der Waals surface area (Å²) >= 11 is 1.51. The molecule has 0 aliphatic heterocycles. The Morgan fingerprint density at radius 3 is 2.40 bits per heavy atom. The van der Waals surface area contributed by atoms with Gasteiger partial charge in [0, 0.05) is 18.3 Å². The van der Waals surface area contributed by atoms with Crippen LogP contribution in [0, 0.1) is 6.92 Å². The number of hydrogen-bond donors (Lipinski definition) is 1. The lowest BCUT2D eigenvalue weighted by Crippen LogP contribution is -2.36. The molecule has 1 amide bonds. The minimum Gasteiger partial charge on any atom is -0.399 e. The summed E-state index contributed by atoms with van der Waals surface area (Å²) in [5.74, 6) is 0.101. The van der Waals surface area contributed by atoms with Gasteiger partial charge in [0.15, 0.2) is 0 Å². The lowest BCUT2D eigenvalue weighted by Gasteiger charge is -2.27. The molecule has 0 bridgehead atoms. The number of nitrogen functional groups attached to an aromatic ring is 1. The maximum Gasteiger partial charge on any atom is 0.264 e. The first-order valence-corrected chi connectivity index (χ1v) is 7.56. The Morgan fingerprint density at radius 1 is 1.25 bits per heavy atom. The van der Waals surface area contributed by atoms with Gasteiger partial charge in [0.2, 0.25) is 0 Å². The van der Waals surface area contributed by atoms with Crippen LogP contribution in [0.25, 0.3) is 0 Å². The van der Waals surface area contributed by atoms with Crippen LogP contribution in [0.1, 0.15) is 34.6 Å². The molecule has 0 spiro atoms. The van der Waals surface area contributed by atoms with Crippen LogP contribution < -0.4 is 5.73 Å². The number of amides is 1. The maximum absolute atomic E-state index is 12.7. The van der Waals surface area contributed by atoms with E-state index in [9.17, 15) is 4.79 Å². The van der Waals surface area contributed by atoms with Gasteiger partial charge in [0.05, 0.1) is 4.88 Å². The normalized spacial score (nSPS) is 10.8. The van der Waals surface area contributed by atoms with Crippen LogP contribution in [0.5, 0.6) is 0 Å². The molecule has 20 heavy (non-hydrogen) atoms. The molecular formula is C16H20N2OS. The number of carbonyl (C=O) groups excluding carboxylic acids is 1. The fourth-order valence-corrected chi connectivity index (χ4v) is 2.91. The number of thiophene rings is 1. The number of hydrogen-bond acceptors (Lipinski definition) is 3. The Hall–Kier alpha value is -1.81. The quantitative estimate of drug-likeness (QED) is 0.872. The highest BCUT2D eigenvalue weighted by Crippen LogP contribution is 2.21. The van der Waals surface area contributed by atoms with Crippen molar-refractivity contribution in [2.75, 3.05) is 5.73 Å². The topological polar surface area (TPSA) is 46.3 Å². The standard InChI is InChI=1S/C16H20N2OS/c1-11(2)18(10-13-4-6-14(17)7-5-13)16(19)15-12(3)8-9-20-15/h4-9,11H,10,17H2,1-3H3. The van der Waals surface area contributed by atoms with Gasteiger partial charge < -0.3 is 10.6 Å². The molecule has 0 aliphatic rings. The number of anilines is 1. The van der Waals surface area contributed by atoms with Crippen molar-refractivity contribution >= 4 is 22.9 Å². The fourth-order valence-electron chi connectivity index (χ4n) is 2.03. The maximum atomic E-state index is 12.7. The Balaban J connectivity index is 2.21. The zero-order chi connectivity index (χ0) is 14.7. The number of nitrogens with two attached hydrogens (primary N) is 1. The molecule has 0 fully saturated rings. The summed E-state index contributed by atoms with van der Waals surface area (Å²) in [6.07, 6.45) is 0. The molecule has 2 rings (SSSR count). The van der Waals surface area contributed by atoms with Gasteiger partial charge in [-0.15, -0.1) is 11.3 Å². The highest BCUT2D eigenvalue weighted by Gasteiger charge is 2.21. The van der Waals surface area contributed by atoms with E-state index in [2.05, 4.69) is 0 Å². The minimum absolute atomic E-state index is 0.101. The predicted octanol–water partition coefficient (Wildman–Crippen LogP) is 3.69. The molecule has 106 valence electrons. The molecule has 1 heterocycles. The summed E-state index contributed by atoms with van der Waals surface area (Å²) in [5, 5.41) is 1.96. The second kappa shape index (κ2) is 6.09. The Morgan fingerprint density at radius 2 is 1.90 bits per heavy atom. The molecule has 1 aromatic heterocycles. The number of carbonyl (C=O) groups is 1. The van der Waals surface area contributed by atoms with Crippen LogP contribution in [-0.4, -0.2) is 16.8 Å². The first kappa shape index (κ1) is 14.6. The third kappa shape index (κ3) is 3.20. The lowest BCUT2D eigenvalue weighted by molar-refractivity contribution is 0.0695. The van der Waals surface area contributed by atoms with Crippen LogP contribution in [0.2, 0.25) is 0 Å². The van der Waals surface area contributed by atoms with Gasteiger partial charge in [0.1, 0.15) is 0 Å². The number of benzene rings is 1. The first-order chi connectivity index (χ1) is 9.49. The van der Waals surface area contributed by atoms with Crippen molar-refractivity contribution in [3.8, 4) is 0 Å². The Kier molecular flexibility index (Phi) is 4.45. The summed E-state index contributed by atoms with van der Waals surface area (Å²) in [4.78, 5) is 15.4. The van der Waals surface area contributed by atoms with Gasteiger partial charge in [-0.25, -0.2) is 0 Å². The molecule has 0 saturated carbocycles. The predicted molar refractivity (Wildman–Crippen MR) is 84.9 cm³/mol. The first-order valence-electron chi connectivity index (χ1n) is 6.68. The van der Waals surface area contributed by atoms with Crippen molar-refractivity contribution < 1.29 is 4.79 Å². The molecule has 0 atom stereocenters. The average Bonchev–Trinajstić information content (AvgIpc) is 2.83. The molecule has 3 nitrogen and oxygen atoms in total. The van der Waals surface area contributed by atoms with Crippen molar-refractivity contribution in [1.29, 1.82) is 0 Å². The molecule has 0 radical (unpaired) electrons. The van der Waals surface area contributed by atoms with Crippen LogP contribution in [0.4, 0.5) is 5.69 Å². The van der Waals surface area contributed by atoms with E-state index in [1.54, 1.807) is 0 Å². The SMILES string of the molecule is Cc1ccsc1C(=O)N(Cc1ccc(N)cc1)C(C)C. The monoisotopic (exact) mass is 288 g/mol. The summed E-state index contributed by atoms with van der Waals surface area (Å²) in [5.41, 5.74) is 8.57. The van der Waals surface area contributed by atoms with Crippen molar-refractivity contribution in [1.82, 2.24) is 4.90 Å². The zero-order valence-electron chi connectivity index (χ0n) is 12.1. The molecule has 4 heteroatoms. The Labute approximate surface area is 124 Å². The summed E-state index contributed by atoms with van der Waals surface area (Å²) in [6.45, 7) is 6.66. The van der Waals surface area contributed by atoms with Gasteiger partial charge in [-0.05, 0) is 55.5 Å². The van der Waals surface area contributed by atoms with Gasteiger partial charge in [-0.2, -0.15) is 0 Å². The van der Waals surface area contributed by atoms with Gasteiger partial charge in [-0.3, -0.25) is 4.79 Å². The second-order valence-corrected chi connectivity index (χ2v) is 6.12. The molecule has 1 aromatic carbocycles. The van der Waals surface area contributed by atoms with E-state index in [-0.39, 0.29) is 11.9 Å². The zero-order valence-corrected chi connectivity index (χ0v) is 12.9. The molecular weight excluding hydrogens is 268 g/mol. The van der Waals surface area contributed by atoms with E-state index in [0.717, 1.165) is 21.7 Å². The van der Waals surface area contributed by atoms with E-state index >= 15 is 0 Å². The van der Waals surface area contributed by atoms with Gasteiger partial charge >= 0.3 is 0 Å².